The summed E-state index contributed by atoms with van der Waals surface area (Å²) in [4.78, 5) is 27.3. The molecule has 3 aromatic rings. The Morgan fingerprint density at radius 1 is 1.20 bits per heavy atom. The average molecular weight is 493 g/mol. The van der Waals surface area contributed by atoms with Gasteiger partial charge in [0.05, 0.1) is 18.8 Å². The summed E-state index contributed by atoms with van der Waals surface area (Å²) >= 11 is 1.76. The van der Waals surface area contributed by atoms with Crippen LogP contribution in [0, 0.1) is 0 Å². The Hall–Kier alpha value is -3.17. The lowest BCUT2D eigenvalue weighted by Gasteiger charge is -2.31. The summed E-state index contributed by atoms with van der Waals surface area (Å²) in [7, 11) is 0. The van der Waals surface area contributed by atoms with Crippen LogP contribution in [0.15, 0.2) is 36.5 Å². The Morgan fingerprint density at radius 2 is 2.06 bits per heavy atom. The molecule has 0 saturated carbocycles. The van der Waals surface area contributed by atoms with Gasteiger partial charge in [0.25, 0.3) is 0 Å². The second kappa shape index (κ2) is 10.6. The van der Waals surface area contributed by atoms with Crippen LogP contribution in [-0.4, -0.2) is 47.0 Å². The summed E-state index contributed by atoms with van der Waals surface area (Å²) in [6.07, 6.45) is 6.57. The highest BCUT2D eigenvalue weighted by atomic mass is 32.1. The SMILES string of the molecule is CCCCOc1cc2c(c(N)n1)NC(=O)CN2Cc1cccc(-c2ncc(CN3CCCC3)s2)c1. The van der Waals surface area contributed by atoms with E-state index in [9.17, 15) is 4.79 Å². The summed E-state index contributed by atoms with van der Waals surface area (Å²) in [6, 6.07) is 10.3. The molecule has 0 unspecified atom stereocenters. The average Bonchev–Trinajstić information content (AvgIpc) is 3.53. The van der Waals surface area contributed by atoms with Crippen LogP contribution in [0.2, 0.25) is 0 Å². The quantitative estimate of drug-likeness (QED) is 0.424. The standard InChI is InChI=1S/C26H32N6O2S/c1-2-3-11-34-23-13-21-24(25(27)30-23)29-22(33)17-32(21)15-18-7-6-8-19(12-18)26-28-14-20(35-26)16-31-9-4-5-10-31/h6-8,12-14H,2-5,9-11,15-17H2,1H3,(H2,27,30)(H,29,33). The van der Waals surface area contributed by atoms with Crippen LogP contribution in [0.25, 0.3) is 10.6 Å². The summed E-state index contributed by atoms with van der Waals surface area (Å²) in [6.45, 7) is 6.85. The van der Waals surface area contributed by atoms with Gasteiger partial charge in [-0.05, 0) is 44.0 Å². The van der Waals surface area contributed by atoms with Crippen molar-refractivity contribution in [3.05, 3.63) is 47.0 Å². The van der Waals surface area contributed by atoms with Gasteiger partial charge in [-0.15, -0.1) is 11.3 Å². The molecule has 2 aliphatic rings. The molecule has 2 aliphatic heterocycles. The van der Waals surface area contributed by atoms with Gasteiger partial charge < -0.3 is 20.7 Å². The molecule has 5 rings (SSSR count). The Balaban J connectivity index is 1.35. The fourth-order valence-electron chi connectivity index (χ4n) is 4.58. The monoisotopic (exact) mass is 492 g/mol. The van der Waals surface area contributed by atoms with Crippen molar-refractivity contribution < 1.29 is 9.53 Å². The van der Waals surface area contributed by atoms with Crippen molar-refractivity contribution in [2.75, 3.05) is 42.2 Å². The van der Waals surface area contributed by atoms with Crippen LogP contribution in [0.3, 0.4) is 0 Å². The number of fused-ring (bicyclic) bond motifs is 1. The van der Waals surface area contributed by atoms with E-state index in [1.54, 1.807) is 11.3 Å². The molecule has 1 amide bonds. The maximum absolute atomic E-state index is 12.4. The van der Waals surface area contributed by atoms with E-state index in [1.165, 1.54) is 30.8 Å². The number of pyridine rings is 1. The molecule has 1 saturated heterocycles. The number of carbonyl (C=O) groups is 1. The van der Waals surface area contributed by atoms with E-state index in [0.29, 0.717) is 24.7 Å². The number of unbranched alkanes of at least 4 members (excludes halogenated alkanes) is 1. The first kappa shape index (κ1) is 23.6. The molecule has 4 heterocycles. The number of nitrogens with zero attached hydrogens (tertiary/aromatic N) is 4. The Labute approximate surface area is 210 Å². The van der Waals surface area contributed by atoms with Gasteiger partial charge in [-0.2, -0.15) is 4.98 Å². The first-order valence-electron chi connectivity index (χ1n) is 12.3. The van der Waals surface area contributed by atoms with Crippen LogP contribution in [0.4, 0.5) is 17.2 Å². The molecule has 0 bridgehead atoms. The number of likely N-dealkylation sites (tertiary alicyclic amines) is 1. The zero-order valence-electron chi connectivity index (χ0n) is 20.1. The number of benzene rings is 1. The van der Waals surface area contributed by atoms with Gasteiger partial charge in [0.1, 0.15) is 10.7 Å². The van der Waals surface area contributed by atoms with Crippen LogP contribution in [-0.2, 0) is 17.9 Å². The molecule has 35 heavy (non-hydrogen) atoms. The van der Waals surface area contributed by atoms with E-state index in [1.807, 2.05) is 17.2 Å². The first-order chi connectivity index (χ1) is 17.1. The van der Waals surface area contributed by atoms with Crippen LogP contribution in [0.1, 0.15) is 43.0 Å². The minimum absolute atomic E-state index is 0.103. The number of nitrogen functional groups attached to an aromatic ring is 1. The van der Waals surface area contributed by atoms with Crippen molar-refractivity contribution in [3.63, 3.8) is 0 Å². The molecule has 3 N–H and O–H groups in total. The van der Waals surface area contributed by atoms with Gasteiger partial charge in [0, 0.05) is 35.8 Å². The third kappa shape index (κ3) is 5.57. The Kier molecular flexibility index (Phi) is 7.15. The second-order valence-electron chi connectivity index (χ2n) is 9.16. The minimum Gasteiger partial charge on any atom is -0.478 e. The minimum atomic E-state index is -0.103. The summed E-state index contributed by atoms with van der Waals surface area (Å²) < 4.78 is 5.80. The molecular formula is C26H32N6O2S. The van der Waals surface area contributed by atoms with Crippen molar-refractivity contribution in [2.24, 2.45) is 0 Å². The third-order valence-corrected chi connectivity index (χ3v) is 7.40. The highest BCUT2D eigenvalue weighted by molar-refractivity contribution is 7.15. The van der Waals surface area contributed by atoms with Crippen molar-refractivity contribution in [1.29, 1.82) is 0 Å². The van der Waals surface area contributed by atoms with E-state index < -0.39 is 0 Å². The summed E-state index contributed by atoms with van der Waals surface area (Å²) in [5.74, 6) is 0.653. The normalized spacial score (nSPS) is 15.8. The number of anilines is 3. The number of hydrogen-bond donors (Lipinski definition) is 2. The first-order valence-corrected chi connectivity index (χ1v) is 13.1. The van der Waals surface area contributed by atoms with E-state index in [0.717, 1.165) is 41.2 Å². The molecule has 0 radical (unpaired) electrons. The van der Waals surface area contributed by atoms with Crippen molar-refractivity contribution in [1.82, 2.24) is 14.9 Å². The predicted octanol–water partition coefficient (Wildman–Crippen LogP) is 4.52. The molecule has 1 aromatic carbocycles. The van der Waals surface area contributed by atoms with Gasteiger partial charge in [-0.25, -0.2) is 4.98 Å². The van der Waals surface area contributed by atoms with E-state index in [-0.39, 0.29) is 18.3 Å². The fourth-order valence-corrected chi connectivity index (χ4v) is 5.53. The number of thiazole rings is 1. The lowest BCUT2D eigenvalue weighted by molar-refractivity contribution is -0.115. The van der Waals surface area contributed by atoms with Gasteiger partial charge in [-0.1, -0.05) is 31.5 Å². The summed E-state index contributed by atoms with van der Waals surface area (Å²) in [5.41, 5.74) is 9.76. The zero-order valence-corrected chi connectivity index (χ0v) is 20.9. The van der Waals surface area contributed by atoms with Crippen LogP contribution >= 0.6 is 11.3 Å². The molecule has 1 fully saturated rings. The largest absolute Gasteiger partial charge is 0.478 e. The number of rotatable bonds is 9. The molecule has 0 spiro atoms. The smallest absolute Gasteiger partial charge is 0.244 e. The Morgan fingerprint density at radius 3 is 2.89 bits per heavy atom. The van der Waals surface area contributed by atoms with E-state index >= 15 is 0 Å². The molecule has 0 aliphatic carbocycles. The van der Waals surface area contributed by atoms with E-state index in [2.05, 4.69) is 46.4 Å². The molecule has 9 heteroatoms. The maximum atomic E-state index is 12.4. The third-order valence-electron chi connectivity index (χ3n) is 6.37. The summed E-state index contributed by atoms with van der Waals surface area (Å²) in [5, 5.41) is 3.90. The lowest BCUT2D eigenvalue weighted by Crippen LogP contribution is -2.38. The van der Waals surface area contributed by atoms with Crippen molar-refractivity contribution in [3.8, 4) is 16.5 Å². The second-order valence-corrected chi connectivity index (χ2v) is 10.3. The number of ether oxygens (including phenoxy) is 1. The number of amides is 1. The number of nitrogens with one attached hydrogen (secondary N) is 1. The van der Waals surface area contributed by atoms with Gasteiger partial charge in [-0.3, -0.25) is 9.69 Å². The van der Waals surface area contributed by atoms with Gasteiger partial charge in [0.2, 0.25) is 11.8 Å². The number of carbonyl (C=O) groups excluding carboxylic acids is 1. The zero-order chi connectivity index (χ0) is 24.2. The lowest BCUT2D eigenvalue weighted by atomic mass is 10.1. The van der Waals surface area contributed by atoms with Gasteiger partial charge >= 0.3 is 0 Å². The van der Waals surface area contributed by atoms with Crippen LogP contribution < -0.4 is 20.7 Å². The van der Waals surface area contributed by atoms with Crippen molar-refractivity contribution in [2.45, 2.75) is 45.7 Å². The molecule has 8 nitrogen and oxygen atoms in total. The van der Waals surface area contributed by atoms with Gasteiger partial charge in [0.15, 0.2) is 5.82 Å². The highest BCUT2D eigenvalue weighted by Crippen LogP contribution is 2.37. The molecular weight excluding hydrogens is 460 g/mol. The maximum Gasteiger partial charge on any atom is 0.244 e. The number of hydrogen-bond acceptors (Lipinski definition) is 8. The molecule has 184 valence electrons. The topological polar surface area (TPSA) is 96.6 Å². The number of nitrogens with two attached hydrogens (primary N) is 1. The number of aromatic nitrogens is 2. The van der Waals surface area contributed by atoms with Crippen LogP contribution in [0.5, 0.6) is 5.88 Å². The molecule has 0 atom stereocenters. The molecule has 2 aromatic heterocycles. The Bertz CT molecular complexity index is 1190. The van der Waals surface area contributed by atoms with E-state index in [4.69, 9.17) is 15.5 Å². The fraction of sp³-hybridized carbons (Fsp3) is 0.423. The van der Waals surface area contributed by atoms with Crippen molar-refractivity contribution >= 4 is 34.4 Å². The highest BCUT2D eigenvalue weighted by Gasteiger charge is 2.26. The predicted molar refractivity (Wildman–Crippen MR) is 141 cm³/mol.